The van der Waals surface area contributed by atoms with Gasteiger partial charge in [0.15, 0.2) is 11.6 Å². The molecular weight excluding hydrogens is 222 g/mol. The molecule has 1 N–H and O–H groups in total. The van der Waals surface area contributed by atoms with Crippen LogP contribution in [-0.2, 0) is 6.42 Å². The lowest BCUT2D eigenvalue weighted by Gasteiger charge is -2.26. The maximum atomic E-state index is 13.4. The summed E-state index contributed by atoms with van der Waals surface area (Å²) >= 11 is 0. The summed E-state index contributed by atoms with van der Waals surface area (Å²) < 4.78 is 26.5. The summed E-state index contributed by atoms with van der Waals surface area (Å²) in [6, 6.07) is 4.14. The topological polar surface area (TPSA) is 20.2 Å². The van der Waals surface area contributed by atoms with Crippen LogP contribution in [0.15, 0.2) is 18.2 Å². The first kappa shape index (κ1) is 12.5. The predicted octanol–water partition coefficient (Wildman–Crippen LogP) is 3.45. The van der Waals surface area contributed by atoms with Crippen molar-refractivity contribution in [3.05, 3.63) is 35.4 Å². The zero-order valence-electron chi connectivity index (χ0n) is 9.83. The third-order valence-electron chi connectivity index (χ3n) is 3.65. The van der Waals surface area contributed by atoms with Gasteiger partial charge in [0.1, 0.15) is 0 Å². The molecule has 1 saturated carbocycles. The van der Waals surface area contributed by atoms with E-state index in [1.807, 2.05) is 0 Å². The zero-order valence-corrected chi connectivity index (χ0v) is 9.83. The molecule has 0 spiro atoms. The van der Waals surface area contributed by atoms with Crippen molar-refractivity contribution in [1.29, 1.82) is 0 Å². The van der Waals surface area contributed by atoms with Crippen LogP contribution in [0.3, 0.4) is 0 Å². The van der Waals surface area contributed by atoms with Crippen LogP contribution in [0.4, 0.5) is 8.78 Å². The molecule has 1 fully saturated rings. The SMILES string of the molecule is OC(Cc1cccc(F)c1F)C1CCCCC1. The Hall–Kier alpha value is -0.960. The van der Waals surface area contributed by atoms with Crippen molar-refractivity contribution in [1.82, 2.24) is 0 Å². The molecule has 1 aromatic rings. The first-order chi connectivity index (χ1) is 8.18. The largest absolute Gasteiger partial charge is 0.392 e. The summed E-state index contributed by atoms with van der Waals surface area (Å²) in [7, 11) is 0. The minimum Gasteiger partial charge on any atom is -0.392 e. The molecule has 0 amide bonds. The number of halogens is 2. The lowest BCUT2D eigenvalue weighted by atomic mass is 9.83. The van der Waals surface area contributed by atoms with E-state index < -0.39 is 17.7 Å². The molecule has 0 bridgehead atoms. The van der Waals surface area contributed by atoms with Crippen LogP contribution < -0.4 is 0 Å². The molecule has 94 valence electrons. The summed E-state index contributed by atoms with van der Waals surface area (Å²) in [6.45, 7) is 0. The highest BCUT2D eigenvalue weighted by molar-refractivity contribution is 5.19. The lowest BCUT2D eigenvalue weighted by Crippen LogP contribution is -2.25. The summed E-state index contributed by atoms with van der Waals surface area (Å²) in [4.78, 5) is 0. The Kier molecular flexibility index (Phi) is 4.11. The van der Waals surface area contributed by atoms with Crippen LogP contribution in [-0.4, -0.2) is 11.2 Å². The number of hydrogen-bond donors (Lipinski definition) is 1. The molecule has 0 aromatic heterocycles. The predicted molar refractivity (Wildman–Crippen MR) is 62.6 cm³/mol. The molecule has 1 aromatic carbocycles. The maximum Gasteiger partial charge on any atom is 0.162 e. The highest BCUT2D eigenvalue weighted by atomic mass is 19.2. The van der Waals surface area contributed by atoms with Crippen LogP contribution >= 0.6 is 0 Å². The second-order valence-electron chi connectivity index (χ2n) is 4.88. The first-order valence-electron chi connectivity index (χ1n) is 6.29. The number of aliphatic hydroxyl groups excluding tert-OH is 1. The summed E-state index contributed by atoms with van der Waals surface area (Å²) in [5.74, 6) is -1.41. The number of rotatable bonds is 3. The first-order valence-corrected chi connectivity index (χ1v) is 6.29. The molecule has 0 saturated heterocycles. The molecule has 0 aliphatic heterocycles. The van der Waals surface area contributed by atoms with Gasteiger partial charge in [0, 0.05) is 6.42 Å². The Bertz CT molecular complexity index is 372. The molecule has 1 unspecified atom stereocenters. The van der Waals surface area contributed by atoms with E-state index in [4.69, 9.17) is 0 Å². The summed E-state index contributed by atoms with van der Waals surface area (Å²) in [6.07, 6.45) is 5.15. The van der Waals surface area contributed by atoms with Gasteiger partial charge < -0.3 is 5.11 Å². The fourth-order valence-corrected chi connectivity index (χ4v) is 2.62. The van der Waals surface area contributed by atoms with E-state index >= 15 is 0 Å². The van der Waals surface area contributed by atoms with Crippen molar-refractivity contribution < 1.29 is 13.9 Å². The fraction of sp³-hybridized carbons (Fsp3) is 0.571. The van der Waals surface area contributed by atoms with Crippen molar-refractivity contribution in [3.8, 4) is 0 Å². The maximum absolute atomic E-state index is 13.4. The van der Waals surface area contributed by atoms with E-state index in [0.29, 0.717) is 0 Å². The van der Waals surface area contributed by atoms with Crippen molar-refractivity contribution in [3.63, 3.8) is 0 Å². The third-order valence-corrected chi connectivity index (χ3v) is 3.65. The van der Waals surface area contributed by atoms with Gasteiger partial charge in [-0.1, -0.05) is 31.4 Å². The van der Waals surface area contributed by atoms with Gasteiger partial charge in [-0.25, -0.2) is 8.78 Å². The Morgan fingerprint density at radius 1 is 1.18 bits per heavy atom. The van der Waals surface area contributed by atoms with E-state index in [-0.39, 0.29) is 17.9 Å². The van der Waals surface area contributed by atoms with Crippen molar-refractivity contribution in [2.75, 3.05) is 0 Å². The molecule has 1 nitrogen and oxygen atoms in total. The molecule has 17 heavy (non-hydrogen) atoms. The second-order valence-corrected chi connectivity index (χ2v) is 4.88. The normalized spacial score (nSPS) is 19.2. The molecule has 0 heterocycles. The molecule has 0 radical (unpaired) electrons. The van der Waals surface area contributed by atoms with Gasteiger partial charge in [0.25, 0.3) is 0 Å². The average Bonchev–Trinajstić information content (AvgIpc) is 2.36. The van der Waals surface area contributed by atoms with Gasteiger partial charge in [0.2, 0.25) is 0 Å². The molecular formula is C14H18F2O. The number of benzene rings is 1. The standard InChI is InChI=1S/C14H18F2O/c15-12-8-4-7-11(14(12)16)9-13(17)10-5-2-1-3-6-10/h4,7-8,10,13,17H,1-3,5-6,9H2. The Labute approximate surface area is 100 Å². The Balaban J connectivity index is 2.01. The van der Waals surface area contributed by atoms with Gasteiger partial charge in [-0.05, 0) is 30.4 Å². The van der Waals surface area contributed by atoms with Gasteiger partial charge >= 0.3 is 0 Å². The van der Waals surface area contributed by atoms with Crippen LogP contribution in [0.2, 0.25) is 0 Å². The zero-order chi connectivity index (χ0) is 12.3. The molecule has 1 aliphatic rings. The van der Waals surface area contributed by atoms with Crippen molar-refractivity contribution in [2.45, 2.75) is 44.6 Å². The van der Waals surface area contributed by atoms with E-state index in [9.17, 15) is 13.9 Å². The fourth-order valence-electron chi connectivity index (χ4n) is 2.62. The minimum atomic E-state index is -0.835. The molecule has 1 atom stereocenters. The van der Waals surface area contributed by atoms with E-state index in [0.717, 1.165) is 31.7 Å². The highest BCUT2D eigenvalue weighted by Crippen LogP contribution is 2.28. The number of aliphatic hydroxyl groups is 1. The van der Waals surface area contributed by atoms with Gasteiger partial charge in [-0.3, -0.25) is 0 Å². The van der Waals surface area contributed by atoms with Crippen molar-refractivity contribution >= 4 is 0 Å². The quantitative estimate of drug-likeness (QED) is 0.858. The molecule has 1 aliphatic carbocycles. The lowest BCUT2D eigenvalue weighted by molar-refractivity contribution is 0.0842. The average molecular weight is 240 g/mol. The van der Waals surface area contributed by atoms with E-state index in [2.05, 4.69) is 0 Å². The smallest absolute Gasteiger partial charge is 0.162 e. The monoisotopic (exact) mass is 240 g/mol. The Morgan fingerprint density at radius 2 is 1.88 bits per heavy atom. The third kappa shape index (κ3) is 3.03. The van der Waals surface area contributed by atoms with Crippen molar-refractivity contribution in [2.24, 2.45) is 5.92 Å². The van der Waals surface area contributed by atoms with Crippen LogP contribution in [0.1, 0.15) is 37.7 Å². The minimum absolute atomic E-state index is 0.217. The summed E-state index contributed by atoms with van der Waals surface area (Å²) in [5.41, 5.74) is 0.281. The number of hydrogen-bond acceptors (Lipinski definition) is 1. The molecule has 2 rings (SSSR count). The van der Waals surface area contributed by atoms with Gasteiger partial charge in [-0.2, -0.15) is 0 Å². The second kappa shape index (κ2) is 5.58. The highest BCUT2D eigenvalue weighted by Gasteiger charge is 2.23. The van der Waals surface area contributed by atoms with Gasteiger partial charge in [-0.15, -0.1) is 0 Å². The van der Waals surface area contributed by atoms with E-state index in [1.54, 1.807) is 6.07 Å². The van der Waals surface area contributed by atoms with Crippen LogP contribution in [0.5, 0.6) is 0 Å². The van der Waals surface area contributed by atoms with Crippen LogP contribution in [0.25, 0.3) is 0 Å². The molecule has 3 heteroatoms. The Morgan fingerprint density at radius 3 is 2.59 bits per heavy atom. The summed E-state index contributed by atoms with van der Waals surface area (Å²) in [5, 5.41) is 10.1. The van der Waals surface area contributed by atoms with E-state index in [1.165, 1.54) is 12.5 Å². The van der Waals surface area contributed by atoms with Gasteiger partial charge in [0.05, 0.1) is 6.10 Å². The van der Waals surface area contributed by atoms with Crippen LogP contribution in [0, 0.1) is 17.6 Å².